The van der Waals surface area contributed by atoms with Crippen LogP contribution in [0.4, 0.5) is 4.39 Å². The Morgan fingerprint density at radius 2 is 1.81 bits per heavy atom. The highest BCUT2D eigenvalue weighted by molar-refractivity contribution is 7.16. The van der Waals surface area contributed by atoms with E-state index in [1.807, 2.05) is 32.1 Å². The molecule has 2 nitrogen and oxygen atoms in total. The number of carbonyl (C=O) groups is 1. The normalized spacial score (nSPS) is 11.0. The van der Waals surface area contributed by atoms with Gasteiger partial charge in [0, 0.05) is 28.9 Å². The molecule has 110 valence electrons. The van der Waals surface area contributed by atoms with Gasteiger partial charge in [0.1, 0.15) is 5.82 Å². The molecule has 0 N–H and O–H groups in total. The van der Waals surface area contributed by atoms with E-state index in [9.17, 15) is 9.18 Å². The maximum Gasteiger partial charge on any atom is 0.246 e. The van der Waals surface area contributed by atoms with Gasteiger partial charge in [-0.3, -0.25) is 4.79 Å². The topological polar surface area (TPSA) is 20.3 Å². The largest absolute Gasteiger partial charge is 0.340 e. The summed E-state index contributed by atoms with van der Waals surface area (Å²) < 4.78 is 12.9. The summed E-state index contributed by atoms with van der Waals surface area (Å²) in [5.41, 5.74) is 0.983. The van der Waals surface area contributed by atoms with Gasteiger partial charge >= 0.3 is 0 Å². The molecule has 21 heavy (non-hydrogen) atoms. The lowest BCUT2D eigenvalue weighted by molar-refractivity contribution is -0.125. The number of amides is 1. The second-order valence-electron chi connectivity index (χ2n) is 4.55. The predicted molar refractivity (Wildman–Crippen MR) is 86.7 cm³/mol. The Bertz CT molecular complexity index is 626. The molecule has 1 aromatic heterocycles. The lowest BCUT2D eigenvalue weighted by Crippen LogP contribution is -2.28. The average molecular weight is 303 g/mol. The predicted octanol–water partition coefficient (Wildman–Crippen LogP) is 4.44. The van der Waals surface area contributed by atoms with E-state index in [0.717, 1.165) is 15.3 Å². The minimum atomic E-state index is -0.236. The van der Waals surface area contributed by atoms with Gasteiger partial charge in [0.2, 0.25) is 5.91 Å². The molecule has 1 heterocycles. The summed E-state index contributed by atoms with van der Waals surface area (Å²) in [4.78, 5) is 15.7. The van der Waals surface area contributed by atoms with Gasteiger partial charge in [-0.05, 0) is 49.8 Å². The number of carbonyl (C=O) groups excluding carboxylic acids is 1. The number of halogens is 1. The molecule has 2 rings (SSSR count). The molecule has 0 saturated carbocycles. The first-order valence-corrected chi connectivity index (χ1v) is 7.78. The van der Waals surface area contributed by atoms with Crippen LogP contribution in [0.3, 0.4) is 0 Å². The van der Waals surface area contributed by atoms with Crippen molar-refractivity contribution in [3.63, 3.8) is 0 Å². The Kier molecular flexibility index (Phi) is 5.28. The van der Waals surface area contributed by atoms with Gasteiger partial charge in [0.05, 0.1) is 0 Å². The van der Waals surface area contributed by atoms with Crippen LogP contribution >= 0.6 is 11.3 Å². The minimum absolute atomic E-state index is 0.0248. The molecular weight excluding hydrogens is 285 g/mol. The van der Waals surface area contributed by atoms with Crippen LogP contribution in [-0.2, 0) is 4.79 Å². The van der Waals surface area contributed by atoms with Crippen LogP contribution in [0.1, 0.15) is 18.7 Å². The molecule has 4 heteroatoms. The van der Waals surface area contributed by atoms with Crippen LogP contribution in [0.15, 0.2) is 42.5 Å². The van der Waals surface area contributed by atoms with Gasteiger partial charge in [0.15, 0.2) is 0 Å². The SMILES string of the molecule is CCN(CC)C(=O)/C=C/c1ccc(-c2ccc(F)cc2)s1. The molecule has 0 unspecified atom stereocenters. The van der Waals surface area contributed by atoms with Crippen LogP contribution in [0.5, 0.6) is 0 Å². The first-order valence-electron chi connectivity index (χ1n) is 6.96. The van der Waals surface area contributed by atoms with Gasteiger partial charge < -0.3 is 4.90 Å². The zero-order chi connectivity index (χ0) is 15.2. The number of thiophene rings is 1. The highest BCUT2D eigenvalue weighted by Gasteiger charge is 2.05. The van der Waals surface area contributed by atoms with Gasteiger partial charge in [0.25, 0.3) is 0 Å². The van der Waals surface area contributed by atoms with Crippen molar-refractivity contribution in [2.75, 3.05) is 13.1 Å². The molecule has 0 atom stereocenters. The second-order valence-corrected chi connectivity index (χ2v) is 5.67. The van der Waals surface area contributed by atoms with Crippen LogP contribution in [0, 0.1) is 5.82 Å². The van der Waals surface area contributed by atoms with Crippen molar-refractivity contribution in [1.82, 2.24) is 4.90 Å². The zero-order valence-electron chi connectivity index (χ0n) is 12.2. The first kappa shape index (κ1) is 15.4. The van der Waals surface area contributed by atoms with E-state index < -0.39 is 0 Å². The van der Waals surface area contributed by atoms with Crippen molar-refractivity contribution in [3.05, 3.63) is 53.2 Å². The third-order valence-electron chi connectivity index (χ3n) is 3.22. The van der Waals surface area contributed by atoms with E-state index >= 15 is 0 Å². The number of hydrogen-bond acceptors (Lipinski definition) is 2. The van der Waals surface area contributed by atoms with E-state index in [-0.39, 0.29) is 11.7 Å². The van der Waals surface area contributed by atoms with Crippen LogP contribution in [-0.4, -0.2) is 23.9 Å². The maximum atomic E-state index is 12.9. The first-order chi connectivity index (χ1) is 10.1. The van der Waals surface area contributed by atoms with E-state index in [2.05, 4.69) is 0 Å². The fourth-order valence-electron chi connectivity index (χ4n) is 2.01. The van der Waals surface area contributed by atoms with E-state index in [1.54, 1.807) is 34.4 Å². The standard InChI is InChI=1S/C17H18FNOS/c1-3-19(4-2)17(20)12-10-15-9-11-16(21-15)13-5-7-14(18)8-6-13/h5-12H,3-4H2,1-2H3/b12-10+. The fourth-order valence-corrected chi connectivity index (χ4v) is 2.92. The third-order valence-corrected chi connectivity index (χ3v) is 4.32. The minimum Gasteiger partial charge on any atom is -0.340 e. The van der Waals surface area contributed by atoms with Gasteiger partial charge in [-0.25, -0.2) is 4.39 Å². The summed E-state index contributed by atoms with van der Waals surface area (Å²) in [5, 5.41) is 0. The Balaban J connectivity index is 2.10. The Morgan fingerprint density at radius 3 is 2.43 bits per heavy atom. The van der Waals surface area contributed by atoms with Crippen LogP contribution in [0.2, 0.25) is 0 Å². The fraction of sp³-hybridized carbons (Fsp3) is 0.235. The summed E-state index contributed by atoms with van der Waals surface area (Å²) in [7, 11) is 0. The molecular formula is C17H18FNOS. The smallest absolute Gasteiger partial charge is 0.246 e. The highest BCUT2D eigenvalue weighted by atomic mass is 32.1. The maximum absolute atomic E-state index is 12.9. The molecule has 1 aromatic carbocycles. The molecule has 0 aliphatic carbocycles. The number of nitrogens with zero attached hydrogens (tertiary/aromatic N) is 1. The summed E-state index contributed by atoms with van der Waals surface area (Å²) in [6.45, 7) is 5.36. The summed E-state index contributed by atoms with van der Waals surface area (Å²) in [6.07, 6.45) is 3.44. The zero-order valence-corrected chi connectivity index (χ0v) is 13.0. The molecule has 0 bridgehead atoms. The molecule has 0 aliphatic rings. The van der Waals surface area contributed by atoms with Crippen molar-refractivity contribution in [1.29, 1.82) is 0 Å². The molecule has 0 radical (unpaired) electrons. The van der Waals surface area contributed by atoms with Crippen molar-refractivity contribution < 1.29 is 9.18 Å². The van der Waals surface area contributed by atoms with Crippen LogP contribution < -0.4 is 0 Å². The third kappa shape index (κ3) is 4.02. The molecule has 1 amide bonds. The number of hydrogen-bond donors (Lipinski definition) is 0. The lowest BCUT2D eigenvalue weighted by Gasteiger charge is -2.15. The summed E-state index contributed by atoms with van der Waals surface area (Å²) in [5.74, 6) is -0.211. The lowest BCUT2D eigenvalue weighted by atomic mass is 10.2. The number of rotatable bonds is 5. The molecule has 0 aliphatic heterocycles. The van der Waals surface area contributed by atoms with E-state index in [4.69, 9.17) is 0 Å². The van der Waals surface area contributed by atoms with Crippen LogP contribution in [0.25, 0.3) is 16.5 Å². The van der Waals surface area contributed by atoms with Gasteiger partial charge in [-0.15, -0.1) is 11.3 Å². The van der Waals surface area contributed by atoms with Crippen molar-refractivity contribution >= 4 is 23.3 Å². The quantitative estimate of drug-likeness (QED) is 0.748. The summed E-state index contributed by atoms with van der Waals surface area (Å²) in [6, 6.07) is 10.4. The summed E-state index contributed by atoms with van der Waals surface area (Å²) >= 11 is 1.58. The molecule has 0 saturated heterocycles. The Labute approximate surface area is 128 Å². The van der Waals surface area contributed by atoms with Crippen molar-refractivity contribution in [3.8, 4) is 10.4 Å². The van der Waals surface area contributed by atoms with Gasteiger partial charge in [-0.2, -0.15) is 0 Å². The van der Waals surface area contributed by atoms with E-state index in [0.29, 0.717) is 13.1 Å². The van der Waals surface area contributed by atoms with E-state index in [1.165, 1.54) is 12.1 Å². The number of benzene rings is 1. The van der Waals surface area contributed by atoms with Crippen molar-refractivity contribution in [2.24, 2.45) is 0 Å². The molecule has 0 spiro atoms. The molecule has 2 aromatic rings. The number of likely N-dealkylation sites (N-methyl/N-ethyl adjacent to an activating group) is 1. The second kappa shape index (κ2) is 7.18. The highest BCUT2D eigenvalue weighted by Crippen LogP contribution is 2.28. The van der Waals surface area contributed by atoms with Gasteiger partial charge in [-0.1, -0.05) is 12.1 Å². The average Bonchev–Trinajstić information content (AvgIpc) is 2.96. The van der Waals surface area contributed by atoms with Crippen molar-refractivity contribution in [2.45, 2.75) is 13.8 Å². The monoisotopic (exact) mass is 303 g/mol. The molecule has 0 fully saturated rings. The Hall–Kier alpha value is -1.94. The Morgan fingerprint density at radius 1 is 1.14 bits per heavy atom.